The summed E-state index contributed by atoms with van der Waals surface area (Å²) in [6.45, 7) is 5.47. The number of aliphatic hydroxyl groups is 1. The number of carbonyl (C=O) groups excluding carboxylic acids is 1. The van der Waals surface area contributed by atoms with Crippen molar-refractivity contribution < 1.29 is 19.1 Å². The highest BCUT2D eigenvalue weighted by Crippen LogP contribution is 2.42. The molecule has 0 unspecified atom stereocenters. The molecule has 0 atom stereocenters. The Morgan fingerprint density at radius 2 is 1.70 bits per heavy atom. The third-order valence-corrected chi connectivity index (χ3v) is 7.88. The Labute approximate surface area is 216 Å². The van der Waals surface area contributed by atoms with Gasteiger partial charge in [-0.2, -0.15) is 0 Å². The van der Waals surface area contributed by atoms with Gasteiger partial charge in [-0.05, 0) is 38.1 Å². The highest BCUT2D eigenvalue weighted by Gasteiger charge is 2.24. The zero-order valence-electron chi connectivity index (χ0n) is 20.5. The van der Waals surface area contributed by atoms with E-state index in [1.54, 1.807) is 23.5 Å². The predicted octanol–water partition coefficient (Wildman–Crippen LogP) is 5.37. The summed E-state index contributed by atoms with van der Waals surface area (Å²) in [5.41, 5.74) is 1.49. The van der Waals surface area contributed by atoms with Crippen LogP contribution >= 0.6 is 11.3 Å². The van der Waals surface area contributed by atoms with Gasteiger partial charge >= 0.3 is 0 Å². The Bertz CT molecular complexity index is 1720. The quantitative estimate of drug-likeness (QED) is 0.335. The normalized spacial score (nSPS) is 14.5. The molecule has 2 aromatic heterocycles. The first-order chi connectivity index (χ1) is 17.8. The molecule has 3 heterocycles. The molecule has 188 valence electrons. The number of hydrogen-bond donors (Lipinski definition) is 2. The second-order valence-corrected chi connectivity index (χ2v) is 10.8. The number of ether oxygens (including phenoxy) is 1. The first-order valence-corrected chi connectivity index (χ1v) is 13.0. The van der Waals surface area contributed by atoms with Gasteiger partial charge in [0, 0.05) is 56.1 Å². The lowest BCUT2D eigenvalue weighted by molar-refractivity contribution is -0.130. The van der Waals surface area contributed by atoms with Gasteiger partial charge in [0.15, 0.2) is 11.3 Å². The molecule has 5 aromatic rings. The number of anilines is 2. The molecule has 1 fully saturated rings. The number of nitrogens with one attached hydrogen (secondary N) is 1. The maximum Gasteiger partial charge on any atom is 0.255 e. The molecular weight excluding hydrogens is 488 g/mol. The minimum atomic E-state index is -1.48. The number of thiophene rings is 1. The van der Waals surface area contributed by atoms with E-state index in [1.165, 1.54) is 13.8 Å². The number of nitrogens with zero attached hydrogens (tertiary/aromatic N) is 1. The van der Waals surface area contributed by atoms with E-state index in [1.807, 2.05) is 47.4 Å². The number of carbonyl (C=O) groups is 1. The van der Waals surface area contributed by atoms with Crippen LogP contribution in [-0.4, -0.2) is 42.9 Å². The van der Waals surface area contributed by atoms with Gasteiger partial charge in [0.2, 0.25) is 0 Å². The van der Waals surface area contributed by atoms with Gasteiger partial charge in [-0.3, -0.25) is 9.59 Å². The van der Waals surface area contributed by atoms with E-state index < -0.39 is 11.5 Å². The molecule has 3 aromatic carbocycles. The third-order valence-electron chi connectivity index (χ3n) is 6.66. The average molecular weight is 515 g/mol. The standard InChI is InChI=1S/C29H26N2O5S/c1-29(2,34)28(33)30-17-9-10-24-22(15-17)20-7-4-6-19(27(20)37-24)18-5-3-8-21-23(32)16-25(36-26(18)21)31-11-13-35-14-12-31/h3-10,15-16,34H,11-14H2,1-2H3,(H,30,33). The largest absolute Gasteiger partial charge is 0.440 e. The SMILES string of the molecule is CC(C)(O)C(=O)Nc1ccc2sc3c(-c4cccc5c(=O)cc(N6CCOCC6)oc45)cccc3c2c1. The highest BCUT2D eigenvalue weighted by atomic mass is 32.1. The van der Waals surface area contributed by atoms with Crippen molar-refractivity contribution in [2.24, 2.45) is 0 Å². The molecule has 1 amide bonds. The van der Waals surface area contributed by atoms with Crippen molar-refractivity contribution >= 4 is 60.0 Å². The first-order valence-electron chi connectivity index (χ1n) is 12.2. The summed E-state index contributed by atoms with van der Waals surface area (Å²) >= 11 is 1.65. The Morgan fingerprint density at radius 1 is 0.973 bits per heavy atom. The number of fused-ring (bicyclic) bond motifs is 4. The van der Waals surface area contributed by atoms with E-state index in [-0.39, 0.29) is 5.43 Å². The number of amides is 1. The molecule has 7 nitrogen and oxygen atoms in total. The van der Waals surface area contributed by atoms with Gasteiger partial charge in [0.1, 0.15) is 11.2 Å². The lowest BCUT2D eigenvalue weighted by atomic mass is 10.0. The van der Waals surface area contributed by atoms with Crippen LogP contribution in [0.15, 0.2) is 69.9 Å². The Hall–Kier alpha value is -3.72. The number of hydrogen-bond acceptors (Lipinski definition) is 7. The van der Waals surface area contributed by atoms with Crippen molar-refractivity contribution in [3.63, 3.8) is 0 Å². The molecule has 6 rings (SSSR count). The minimum Gasteiger partial charge on any atom is -0.440 e. The van der Waals surface area contributed by atoms with Crippen LogP contribution in [0.1, 0.15) is 13.8 Å². The van der Waals surface area contributed by atoms with Gasteiger partial charge in [0.05, 0.1) is 18.6 Å². The Morgan fingerprint density at radius 3 is 2.46 bits per heavy atom. The average Bonchev–Trinajstić information content (AvgIpc) is 3.26. The second kappa shape index (κ2) is 8.99. The van der Waals surface area contributed by atoms with E-state index in [4.69, 9.17) is 9.15 Å². The van der Waals surface area contributed by atoms with Crippen molar-refractivity contribution in [1.29, 1.82) is 0 Å². The van der Waals surface area contributed by atoms with E-state index >= 15 is 0 Å². The Balaban J connectivity index is 1.50. The third kappa shape index (κ3) is 4.27. The van der Waals surface area contributed by atoms with Gasteiger partial charge < -0.3 is 24.5 Å². The fourth-order valence-electron chi connectivity index (χ4n) is 4.69. The van der Waals surface area contributed by atoms with E-state index in [0.29, 0.717) is 48.8 Å². The van der Waals surface area contributed by atoms with E-state index in [2.05, 4.69) is 11.4 Å². The Kier molecular flexibility index (Phi) is 5.75. The van der Waals surface area contributed by atoms with Crippen LogP contribution in [0, 0.1) is 0 Å². The molecule has 0 aliphatic carbocycles. The van der Waals surface area contributed by atoms with Gasteiger partial charge in [0.25, 0.3) is 5.91 Å². The van der Waals surface area contributed by atoms with Crippen LogP contribution in [0.5, 0.6) is 0 Å². The molecule has 0 radical (unpaired) electrons. The van der Waals surface area contributed by atoms with Crippen LogP contribution in [0.3, 0.4) is 0 Å². The van der Waals surface area contributed by atoms with Crippen LogP contribution in [-0.2, 0) is 9.53 Å². The summed E-state index contributed by atoms with van der Waals surface area (Å²) in [7, 11) is 0. The molecular formula is C29H26N2O5S. The summed E-state index contributed by atoms with van der Waals surface area (Å²) in [6.07, 6.45) is 0. The van der Waals surface area contributed by atoms with Crippen molar-refractivity contribution in [2.45, 2.75) is 19.4 Å². The molecule has 1 aliphatic heterocycles. The van der Waals surface area contributed by atoms with E-state index in [0.717, 1.165) is 31.3 Å². The lowest BCUT2D eigenvalue weighted by Gasteiger charge is -2.27. The zero-order chi connectivity index (χ0) is 25.7. The molecule has 2 N–H and O–H groups in total. The van der Waals surface area contributed by atoms with Crippen molar-refractivity contribution in [3.8, 4) is 11.1 Å². The summed E-state index contributed by atoms with van der Waals surface area (Å²) in [5.74, 6) is 0.0953. The van der Waals surface area contributed by atoms with Crippen molar-refractivity contribution in [2.75, 3.05) is 36.5 Å². The summed E-state index contributed by atoms with van der Waals surface area (Å²) in [6, 6.07) is 19.1. The van der Waals surface area contributed by atoms with Crippen LogP contribution in [0.4, 0.5) is 11.6 Å². The maximum atomic E-state index is 13.1. The smallest absolute Gasteiger partial charge is 0.255 e. The summed E-state index contributed by atoms with van der Waals surface area (Å²) < 4.78 is 14.0. The van der Waals surface area contributed by atoms with Crippen LogP contribution in [0.25, 0.3) is 42.3 Å². The number of para-hydroxylation sites is 1. The van der Waals surface area contributed by atoms with Crippen molar-refractivity contribution in [1.82, 2.24) is 0 Å². The minimum absolute atomic E-state index is 0.0692. The number of morpholine rings is 1. The molecule has 8 heteroatoms. The lowest BCUT2D eigenvalue weighted by Crippen LogP contribution is -2.36. The van der Waals surface area contributed by atoms with Gasteiger partial charge in [-0.15, -0.1) is 11.3 Å². The fourth-order valence-corrected chi connectivity index (χ4v) is 5.90. The first kappa shape index (κ1) is 23.7. The number of benzene rings is 3. The molecule has 1 saturated heterocycles. The van der Waals surface area contributed by atoms with Crippen LogP contribution in [0.2, 0.25) is 0 Å². The predicted molar refractivity (Wildman–Crippen MR) is 149 cm³/mol. The highest BCUT2D eigenvalue weighted by molar-refractivity contribution is 7.26. The maximum absolute atomic E-state index is 13.1. The topological polar surface area (TPSA) is 92.0 Å². The molecule has 37 heavy (non-hydrogen) atoms. The van der Waals surface area contributed by atoms with E-state index in [9.17, 15) is 14.7 Å². The molecule has 0 bridgehead atoms. The molecule has 0 saturated carbocycles. The van der Waals surface area contributed by atoms with Crippen LogP contribution < -0.4 is 15.6 Å². The van der Waals surface area contributed by atoms with Crippen molar-refractivity contribution in [3.05, 3.63) is 70.9 Å². The van der Waals surface area contributed by atoms with Gasteiger partial charge in [-0.1, -0.05) is 30.3 Å². The monoisotopic (exact) mass is 514 g/mol. The number of rotatable bonds is 4. The molecule has 0 spiro atoms. The zero-order valence-corrected chi connectivity index (χ0v) is 21.4. The van der Waals surface area contributed by atoms with Gasteiger partial charge in [-0.25, -0.2) is 0 Å². The second-order valence-electron chi connectivity index (χ2n) is 9.74. The summed E-state index contributed by atoms with van der Waals surface area (Å²) in [4.78, 5) is 27.4. The molecule has 1 aliphatic rings. The fraction of sp³-hybridized carbons (Fsp3) is 0.241. The summed E-state index contributed by atoms with van der Waals surface area (Å²) in [5, 5.41) is 15.4.